The molecule has 0 bridgehead atoms. The Morgan fingerprint density at radius 2 is 1.71 bits per heavy atom. The Morgan fingerprint density at radius 3 is 2.18 bits per heavy atom. The normalized spacial score (nSPS) is 9.76. The molecule has 0 aliphatic carbocycles. The lowest BCUT2D eigenvalue weighted by Crippen LogP contribution is -2.05. The molecule has 0 aliphatic rings. The fourth-order valence-corrected chi connectivity index (χ4v) is 1.38. The number of allylic oxidation sites excluding steroid dienone is 1. The summed E-state index contributed by atoms with van der Waals surface area (Å²) in [6.45, 7) is 7.60. The molecule has 0 heterocycles. The Balaban J connectivity index is 2.77. The number of hydrogen-bond acceptors (Lipinski definition) is 3. The topological polar surface area (TPSA) is 43.4 Å². The zero-order valence-corrected chi connectivity index (χ0v) is 10.2. The van der Waals surface area contributed by atoms with Crippen LogP contribution in [-0.4, -0.2) is 18.4 Å². The molecule has 90 valence electrons. The number of benzene rings is 1. The largest absolute Gasteiger partial charge is 0.462 e. The fourth-order valence-electron chi connectivity index (χ4n) is 1.38. The number of esters is 1. The SMILES string of the molecule is C=C(C)CC(=O)c1ccc(C(=O)OCC)cc1. The Morgan fingerprint density at radius 1 is 1.18 bits per heavy atom. The molecule has 0 saturated carbocycles. The van der Waals surface area contributed by atoms with Gasteiger partial charge in [-0.25, -0.2) is 4.79 Å². The summed E-state index contributed by atoms with van der Waals surface area (Å²) in [5.74, 6) is -0.362. The summed E-state index contributed by atoms with van der Waals surface area (Å²) in [4.78, 5) is 23.1. The monoisotopic (exact) mass is 232 g/mol. The molecule has 1 aromatic rings. The van der Waals surface area contributed by atoms with E-state index in [0.29, 0.717) is 24.2 Å². The van der Waals surface area contributed by atoms with E-state index < -0.39 is 0 Å². The first-order valence-electron chi connectivity index (χ1n) is 5.49. The molecule has 1 aromatic carbocycles. The summed E-state index contributed by atoms with van der Waals surface area (Å²) in [5, 5.41) is 0. The molecule has 0 unspecified atom stereocenters. The lowest BCUT2D eigenvalue weighted by molar-refractivity contribution is 0.0526. The van der Waals surface area contributed by atoms with Crippen molar-refractivity contribution in [1.29, 1.82) is 0 Å². The van der Waals surface area contributed by atoms with Crippen molar-refractivity contribution in [2.24, 2.45) is 0 Å². The van der Waals surface area contributed by atoms with Crippen LogP contribution in [0.15, 0.2) is 36.4 Å². The van der Waals surface area contributed by atoms with Gasteiger partial charge in [0.25, 0.3) is 0 Å². The van der Waals surface area contributed by atoms with E-state index in [0.717, 1.165) is 5.57 Å². The van der Waals surface area contributed by atoms with E-state index in [4.69, 9.17) is 4.74 Å². The molecule has 0 radical (unpaired) electrons. The van der Waals surface area contributed by atoms with Crippen molar-refractivity contribution in [1.82, 2.24) is 0 Å². The van der Waals surface area contributed by atoms with Crippen LogP contribution in [0.3, 0.4) is 0 Å². The maximum absolute atomic E-state index is 11.7. The average Bonchev–Trinajstić information content (AvgIpc) is 2.28. The van der Waals surface area contributed by atoms with Crippen LogP contribution in [0.25, 0.3) is 0 Å². The highest BCUT2D eigenvalue weighted by Gasteiger charge is 2.09. The first-order valence-corrected chi connectivity index (χ1v) is 5.49. The molecule has 0 saturated heterocycles. The maximum Gasteiger partial charge on any atom is 0.338 e. The molecule has 0 N–H and O–H groups in total. The van der Waals surface area contributed by atoms with E-state index in [1.807, 2.05) is 6.92 Å². The first kappa shape index (κ1) is 13.2. The van der Waals surface area contributed by atoms with Crippen LogP contribution >= 0.6 is 0 Å². The van der Waals surface area contributed by atoms with Gasteiger partial charge < -0.3 is 4.74 Å². The van der Waals surface area contributed by atoms with E-state index >= 15 is 0 Å². The van der Waals surface area contributed by atoms with Crippen LogP contribution in [-0.2, 0) is 4.74 Å². The molecule has 0 aromatic heterocycles. The summed E-state index contributed by atoms with van der Waals surface area (Å²) in [5.41, 5.74) is 1.87. The first-order chi connectivity index (χ1) is 8.04. The van der Waals surface area contributed by atoms with Gasteiger partial charge in [0.15, 0.2) is 5.78 Å². The van der Waals surface area contributed by atoms with Crippen LogP contribution in [0, 0.1) is 0 Å². The zero-order chi connectivity index (χ0) is 12.8. The average molecular weight is 232 g/mol. The Labute approximate surface area is 101 Å². The summed E-state index contributed by atoms with van der Waals surface area (Å²) in [7, 11) is 0. The predicted molar refractivity (Wildman–Crippen MR) is 66.2 cm³/mol. The van der Waals surface area contributed by atoms with Gasteiger partial charge in [-0.05, 0) is 26.0 Å². The van der Waals surface area contributed by atoms with E-state index in [1.54, 1.807) is 31.2 Å². The lowest BCUT2D eigenvalue weighted by atomic mass is 10.0. The van der Waals surface area contributed by atoms with Crippen molar-refractivity contribution in [2.45, 2.75) is 20.3 Å². The van der Waals surface area contributed by atoms with Crippen LogP contribution in [0.2, 0.25) is 0 Å². The number of Topliss-reactive ketones (excluding diaryl/α,β-unsaturated/α-hetero) is 1. The molecule has 0 atom stereocenters. The van der Waals surface area contributed by atoms with Gasteiger partial charge in [-0.2, -0.15) is 0 Å². The predicted octanol–water partition coefficient (Wildman–Crippen LogP) is 3.01. The molecular formula is C14H16O3. The zero-order valence-electron chi connectivity index (χ0n) is 10.2. The van der Waals surface area contributed by atoms with Gasteiger partial charge in [-0.1, -0.05) is 24.3 Å². The van der Waals surface area contributed by atoms with Gasteiger partial charge in [-0.3, -0.25) is 4.79 Å². The van der Waals surface area contributed by atoms with Crippen molar-refractivity contribution in [3.8, 4) is 0 Å². The lowest BCUT2D eigenvalue weighted by Gasteiger charge is -2.03. The third kappa shape index (κ3) is 3.87. The van der Waals surface area contributed by atoms with Gasteiger partial charge >= 0.3 is 5.97 Å². The number of ether oxygens (including phenoxy) is 1. The third-order valence-corrected chi connectivity index (χ3v) is 2.18. The third-order valence-electron chi connectivity index (χ3n) is 2.18. The Bertz CT molecular complexity index is 429. The quantitative estimate of drug-likeness (QED) is 0.445. The molecule has 1 rings (SSSR count). The Kier molecular flexibility index (Phi) is 4.64. The van der Waals surface area contributed by atoms with Crippen LogP contribution in [0.4, 0.5) is 0 Å². The molecule has 3 nitrogen and oxygen atoms in total. The van der Waals surface area contributed by atoms with Gasteiger partial charge in [0.05, 0.1) is 12.2 Å². The van der Waals surface area contributed by atoms with E-state index in [9.17, 15) is 9.59 Å². The molecule has 0 aliphatic heterocycles. The molecule has 3 heteroatoms. The van der Waals surface area contributed by atoms with Crippen molar-refractivity contribution < 1.29 is 14.3 Å². The number of hydrogen-bond donors (Lipinski definition) is 0. The van der Waals surface area contributed by atoms with Crippen molar-refractivity contribution in [3.05, 3.63) is 47.5 Å². The summed E-state index contributed by atoms with van der Waals surface area (Å²) < 4.78 is 4.85. The van der Waals surface area contributed by atoms with E-state index in [1.165, 1.54) is 0 Å². The number of ketones is 1. The minimum absolute atomic E-state index is 0.00732. The smallest absolute Gasteiger partial charge is 0.338 e. The Hall–Kier alpha value is -1.90. The minimum atomic E-state index is -0.369. The van der Waals surface area contributed by atoms with Gasteiger partial charge in [-0.15, -0.1) is 0 Å². The number of rotatable bonds is 5. The minimum Gasteiger partial charge on any atom is -0.462 e. The highest BCUT2D eigenvalue weighted by molar-refractivity contribution is 5.98. The van der Waals surface area contributed by atoms with E-state index in [2.05, 4.69) is 6.58 Å². The van der Waals surface area contributed by atoms with Gasteiger partial charge in [0.1, 0.15) is 0 Å². The fraction of sp³-hybridized carbons (Fsp3) is 0.286. The molecule has 0 fully saturated rings. The highest BCUT2D eigenvalue weighted by atomic mass is 16.5. The molecular weight excluding hydrogens is 216 g/mol. The molecule has 0 amide bonds. The highest BCUT2D eigenvalue weighted by Crippen LogP contribution is 2.10. The van der Waals surface area contributed by atoms with Crippen molar-refractivity contribution >= 4 is 11.8 Å². The summed E-state index contributed by atoms with van der Waals surface area (Å²) in [6, 6.07) is 6.47. The number of carbonyl (C=O) groups is 2. The second-order valence-corrected chi connectivity index (χ2v) is 3.85. The molecule has 0 spiro atoms. The summed E-state index contributed by atoms with van der Waals surface area (Å²) in [6.07, 6.45) is 0.332. The molecule has 17 heavy (non-hydrogen) atoms. The second-order valence-electron chi connectivity index (χ2n) is 3.85. The van der Waals surface area contributed by atoms with Gasteiger partial charge in [0, 0.05) is 12.0 Å². The van der Waals surface area contributed by atoms with E-state index in [-0.39, 0.29) is 11.8 Å². The van der Waals surface area contributed by atoms with Crippen LogP contribution in [0.1, 0.15) is 41.0 Å². The second kappa shape index (κ2) is 5.99. The van der Waals surface area contributed by atoms with Crippen LogP contribution in [0.5, 0.6) is 0 Å². The van der Waals surface area contributed by atoms with Crippen LogP contribution < -0.4 is 0 Å². The maximum atomic E-state index is 11.7. The number of carbonyl (C=O) groups excluding carboxylic acids is 2. The van der Waals surface area contributed by atoms with Crippen molar-refractivity contribution in [2.75, 3.05) is 6.61 Å². The van der Waals surface area contributed by atoms with Gasteiger partial charge in [0.2, 0.25) is 0 Å². The van der Waals surface area contributed by atoms with Crippen molar-refractivity contribution in [3.63, 3.8) is 0 Å². The standard InChI is InChI=1S/C14H16O3/c1-4-17-14(16)12-7-5-11(6-8-12)13(15)9-10(2)3/h5-8H,2,4,9H2,1,3H3. The summed E-state index contributed by atoms with van der Waals surface area (Å²) >= 11 is 0.